The summed E-state index contributed by atoms with van der Waals surface area (Å²) in [4.78, 5) is 4.15. The number of nitrogens with zero attached hydrogens (tertiary/aromatic N) is 1. The maximum atomic E-state index is 12.7. The fourth-order valence-corrected chi connectivity index (χ4v) is 1.87. The van der Waals surface area contributed by atoms with Crippen molar-refractivity contribution in [1.82, 2.24) is 4.98 Å². The van der Waals surface area contributed by atoms with E-state index >= 15 is 0 Å². The van der Waals surface area contributed by atoms with E-state index in [1.54, 1.807) is 25.3 Å². The largest absolute Gasteiger partial charge is 0.416 e. The van der Waals surface area contributed by atoms with Crippen LogP contribution in [0.5, 0.6) is 0 Å². The Morgan fingerprint density at radius 1 is 1.06 bits per heavy atom. The molecule has 0 bridgehead atoms. The second-order valence-electron chi connectivity index (χ2n) is 4.25. The van der Waals surface area contributed by atoms with Crippen LogP contribution in [0.1, 0.15) is 16.7 Å². The number of pyridine rings is 1. The van der Waals surface area contributed by atoms with Gasteiger partial charge in [0.15, 0.2) is 0 Å². The van der Waals surface area contributed by atoms with Crippen LogP contribution >= 0.6 is 0 Å². The molecule has 0 atom stereocenters. The number of halogens is 3. The van der Waals surface area contributed by atoms with E-state index in [0.29, 0.717) is 16.8 Å². The van der Waals surface area contributed by atoms with Crippen LogP contribution in [-0.4, -0.2) is 4.98 Å². The third kappa shape index (κ3) is 2.53. The first kappa shape index (κ1) is 12.6. The van der Waals surface area contributed by atoms with Gasteiger partial charge in [-0.05, 0) is 49.2 Å². The monoisotopic (exact) mass is 251 g/mol. The van der Waals surface area contributed by atoms with Crippen molar-refractivity contribution in [3.8, 4) is 11.3 Å². The van der Waals surface area contributed by atoms with Crippen LogP contribution < -0.4 is 0 Å². The van der Waals surface area contributed by atoms with E-state index in [9.17, 15) is 13.2 Å². The van der Waals surface area contributed by atoms with Gasteiger partial charge in [-0.1, -0.05) is 6.07 Å². The van der Waals surface area contributed by atoms with Crippen LogP contribution in [0.2, 0.25) is 0 Å². The molecule has 1 aromatic carbocycles. The summed E-state index contributed by atoms with van der Waals surface area (Å²) < 4.78 is 38.2. The van der Waals surface area contributed by atoms with Crippen molar-refractivity contribution in [3.63, 3.8) is 0 Å². The molecule has 0 aliphatic carbocycles. The van der Waals surface area contributed by atoms with Crippen molar-refractivity contribution in [3.05, 3.63) is 53.2 Å². The molecular formula is C14H12F3N. The zero-order valence-electron chi connectivity index (χ0n) is 10.0. The van der Waals surface area contributed by atoms with E-state index < -0.39 is 11.7 Å². The average Bonchev–Trinajstić information content (AvgIpc) is 2.27. The van der Waals surface area contributed by atoms with Crippen LogP contribution in [0.3, 0.4) is 0 Å². The average molecular weight is 251 g/mol. The molecule has 1 heterocycles. The van der Waals surface area contributed by atoms with Gasteiger partial charge in [0, 0.05) is 11.8 Å². The van der Waals surface area contributed by atoms with E-state index in [-0.39, 0.29) is 0 Å². The molecule has 0 radical (unpaired) electrons. The molecule has 0 saturated carbocycles. The molecule has 1 nitrogen and oxygen atoms in total. The van der Waals surface area contributed by atoms with Crippen molar-refractivity contribution in [1.29, 1.82) is 0 Å². The Hall–Kier alpha value is -1.84. The van der Waals surface area contributed by atoms with Crippen LogP contribution in [0.15, 0.2) is 36.5 Å². The lowest BCUT2D eigenvalue weighted by Crippen LogP contribution is -2.05. The van der Waals surface area contributed by atoms with Crippen molar-refractivity contribution in [2.45, 2.75) is 20.0 Å². The molecule has 2 aromatic rings. The molecule has 18 heavy (non-hydrogen) atoms. The first-order valence-electron chi connectivity index (χ1n) is 5.49. The predicted molar refractivity (Wildman–Crippen MR) is 64.1 cm³/mol. The maximum Gasteiger partial charge on any atom is 0.416 e. The Morgan fingerprint density at radius 3 is 2.39 bits per heavy atom. The molecule has 0 aliphatic rings. The van der Waals surface area contributed by atoms with E-state index in [1.807, 2.05) is 13.0 Å². The quantitative estimate of drug-likeness (QED) is 0.732. The SMILES string of the molecule is Cc1cc(-c2ncccc2C)cc(C(F)(F)F)c1. The van der Waals surface area contributed by atoms with Gasteiger partial charge >= 0.3 is 6.18 Å². The van der Waals surface area contributed by atoms with Crippen LogP contribution in [0.25, 0.3) is 11.3 Å². The second kappa shape index (κ2) is 4.44. The topological polar surface area (TPSA) is 12.9 Å². The van der Waals surface area contributed by atoms with Crippen molar-refractivity contribution >= 4 is 0 Å². The summed E-state index contributed by atoms with van der Waals surface area (Å²) >= 11 is 0. The van der Waals surface area contributed by atoms with Crippen LogP contribution in [-0.2, 0) is 6.18 Å². The van der Waals surface area contributed by atoms with Crippen LogP contribution in [0.4, 0.5) is 13.2 Å². The zero-order chi connectivity index (χ0) is 13.3. The molecule has 0 spiro atoms. The summed E-state index contributed by atoms with van der Waals surface area (Å²) in [5, 5.41) is 0. The van der Waals surface area contributed by atoms with Crippen molar-refractivity contribution in [2.24, 2.45) is 0 Å². The highest BCUT2D eigenvalue weighted by atomic mass is 19.4. The normalized spacial score (nSPS) is 11.6. The number of alkyl halides is 3. The summed E-state index contributed by atoms with van der Waals surface area (Å²) in [6.45, 7) is 3.48. The maximum absolute atomic E-state index is 12.7. The highest BCUT2D eigenvalue weighted by Crippen LogP contribution is 2.33. The van der Waals surface area contributed by atoms with E-state index in [4.69, 9.17) is 0 Å². The molecule has 0 saturated heterocycles. The molecule has 0 fully saturated rings. The lowest BCUT2D eigenvalue weighted by atomic mass is 10.0. The van der Waals surface area contributed by atoms with Gasteiger partial charge in [0.1, 0.15) is 0 Å². The number of aryl methyl sites for hydroxylation is 2. The summed E-state index contributed by atoms with van der Waals surface area (Å²) in [5.74, 6) is 0. The van der Waals surface area contributed by atoms with Gasteiger partial charge in [-0.2, -0.15) is 13.2 Å². The molecule has 94 valence electrons. The summed E-state index contributed by atoms with van der Waals surface area (Å²) in [6.07, 6.45) is -2.75. The van der Waals surface area contributed by atoms with Gasteiger partial charge in [-0.25, -0.2) is 0 Å². The smallest absolute Gasteiger partial charge is 0.256 e. The fraction of sp³-hybridized carbons (Fsp3) is 0.214. The number of hydrogen-bond donors (Lipinski definition) is 0. The fourth-order valence-electron chi connectivity index (χ4n) is 1.87. The highest BCUT2D eigenvalue weighted by Gasteiger charge is 2.31. The van der Waals surface area contributed by atoms with Crippen LogP contribution in [0, 0.1) is 13.8 Å². The standard InChI is InChI=1S/C14H12F3N/c1-9-6-11(8-12(7-9)14(15,16)17)13-10(2)4-3-5-18-13/h3-8H,1-2H3. The molecular weight excluding hydrogens is 239 g/mol. The van der Waals surface area contributed by atoms with Gasteiger partial charge < -0.3 is 0 Å². The first-order valence-corrected chi connectivity index (χ1v) is 5.49. The minimum atomic E-state index is -4.33. The Kier molecular flexibility index (Phi) is 3.11. The number of hydrogen-bond acceptors (Lipinski definition) is 1. The minimum absolute atomic E-state index is 0.500. The van der Waals surface area contributed by atoms with E-state index in [1.165, 1.54) is 0 Å². The summed E-state index contributed by atoms with van der Waals surface area (Å²) in [5.41, 5.74) is 1.88. The van der Waals surface area contributed by atoms with Gasteiger partial charge in [0.25, 0.3) is 0 Å². The lowest BCUT2D eigenvalue weighted by molar-refractivity contribution is -0.137. The molecule has 2 rings (SSSR count). The molecule has 0 amide bonds. The number of rotatable bonds is 1. The zero-order valence-corrected chi connectivity index (χ0v) is 10.0. The second-order valence-corrected chi connectivity index (χ2v) is 4.25. The molecule has 0 unspecified atom stereocenters. The highest BCUT2D eigenvalue weighted by molar-refractivity contribution is 5.64. The molecule has 1 aromatic heterocycles. The summed E-state index contributed by atoms with van der Waals surface area (Å²) in [6, 6.07) is 7.59. The Bertz CT molecular complexity index is 573. The van der Waals surface area contributed by atoms with Gasteiger partial charge in [-0.15, -0.1) is 0 Å². The Labute approximate surface area is 103 Å². The van der Waals surface area contributed by atoms with Crippen molar-refractivity contribution in [2.75, 3.05) is 0 Å². The molecule has 0 aliphatic heterocycles. The van der Waals surface area contributed by atoms with E-state index in [0.717, 1.165) is 17.7 Å². The molecule has 0 N–H and O–H groups in total. The first-order chi connectivity index (χ1) is 8.38. The third-order valence-corrected chi connectivity index (χ3v) is 2.69. The predicted octanol–water partition coefficient (Wildman–Crippen LogP) is 4.38. The number of benzene rings is 1. The van der Waals surface area contributed by atoms with Crippen molar-refractivity contribution < 1.29 is 13.2 Å². The molecule has 4 heteroatoms. The van der Waals surface area contributed by atoms with Gasteiger partial charge in [0.05, 0.1) is 11.3 Å². The Morgan fingerprint density at radius 2 is 1.78 bits per heavy atom. The number of aromatic nitrogens is 1. The summed E-state index contributed by atoms with van der Waals surface area (Å²) in [7, 11) is 0. The van der Waals surface area contributed by atoms with Gasteiger partial charge in [0.2, 0.25) is 0 Å². The van der Waals surface area contributed by atoms with Gasteiger partial charge in [-0.3, -0.25) is 4.98 Å². The van der Waals surface area contributed by atoms with E-state index in [2.05, 4.69) is 4.98 Å². The lowest BCUT2D eigenvalue weighted by Gasteiger charge is -2.11. The third-order valence-electron chi connectivity index (χ3n) is 2.69. The minimum Gasteiger partial charge on any atom is -0.256 e. The Balaban J connectivity index is 2.60.